The number of hydrazine groups is 1. The molecule has 2 fully saturated rings. The molecule has 2 aromatic carbocycles. The molecule has 186 valence electrons. The van der Waals surface area contributed by atoms with E-state index in [1.54, 1.807) is 24.3 Å². The molecule has 2 aromatic rings. The van der Waals surface area contributed by atoms with Gasteiger partial charge in [0, 0.05) is 30.5 Å². The maximum absolute atomic E-state index is 14.2. The Labute approximate surface area is 209 Å². The predicted octanol–water partition coefficient (Wildman–Crippen LogP) is 4.90. The highest BCUT2D eigenvalue weighted by atomic mass is 35.5. The number of hydrogen-bond donors (Lipinski definition) is 1. The highest BCUT2D eigenvalue weighted by molar-refractivity contribution is 7.86. The quantitative estimate of drug-likeness (QED) is 0.256. The predicted molar refractivity (Wildman–Crippen MR) is 129 cm³/mol. The van der Waals surface area contributed by atoms with Gasteiger partial charge in [0.05, 0.1) is 12.6 Å². The fraction of sp³-hybridized carbons (Fsp3) is 0.409. The van der Waals surface area contributed by atoms with Crippen molar-refractivity contribution in [2.75, 3.05) is 19.6 Å². The Morgan fingerprint density at radius 2 is 1.74 bits per heavy atom. The van der Waals surface area contributed by atoms with Crippen LogP contribution in [0.25, 0.3) is 0 Å². The molecule has 2 aliphatic rings. The van der Waals surface area contributed by atoms with Crippen LogP contribution < -0.4 is 0 Å². The summed E-state index contributed by atoms with van der Waals surface area (Å²) in [7, 11) is -4.40. The van der Waals surface area contributed by atoms with Crippen LogP contribution in [0, 0.1) is 0 Å². The van der Waals surface area contributed by atoms with E-state index in [1.807, 2.05) is 30.3 Å². The summed E-state index contributed by atoms with van der Waals surface area (Å²) in [6.45, 7) is -0.682. The molecule has 2 heterocycles. The lowest BCUT2D eigenvalue weighted by molar-refractivity contribution is -0.0490. The lowest BCUT2D eigenvalue weighted by Crippen LogP contribution is -2.59. The van der Waals surface area contributed by atoms with Crippen LogP contribution in [-0.2, 0) is 10.2 Å². The summed E-state index contributed by atoms with van der Waals surface area (Å²) in [4.78, 5) is 0. The van der Waals surface area contributed by atoms with Crippen LogP contribution in [0.4, 0.5) is 8.78 Å². The minimum Gasteiger partial charge on any atom is -0.410 e. The van der Waals surface area contributed by atoms with Crippen molar-refractivity contribution in [2.45, 2.75) is 37.1 Å². The molecule has 0 aromatic heterocycles. The van der Waals surface area contributed by atoms with Crippen LogP contribution in [0.5, 0.6) is 0 Å². The van der Waals surface area contributed by atoms with Gasteiger partial charge in [0.15, 0.2) is 0 Å². The van der Waals surface area contributed by atoms with Crippen LogP contribution in [0.2, 0.25) is 5.02 Å². The number of nitrogens with zero attached hydrogens (tertiary/aromatic N) is 4. The number of rotatable bonds is 5. The maximum Gasteiger partial charge on any atom is 0.300 e. The molecule has 7 nitrogen and oxygen atoms in total. The van der Waals surface area contributed by atoms with E-state index < -0.39 is 28.7 Å². The number of hydrogen-bond acceptors (Lipinski definition) is 4. The van der Waals surface area contributed by atoms with Gasteiger partial charge in [0.25, 0.3) is 16.1 Å². The normalized spacial score (nSPS) is 24.1. The Morgan fingerprint density at radius 1 is 1.06 bits per heavy atom. The van der Waals surface area contributed by atoms with Gasteiger partial charge in [-0.1, -0.05) is 63.6 Å². The second kappa shape index (κ2) is 10.7. The van der Waals surface area contributed by atoms with Crippen LogP contribution in [0.3, 0.4) is 0 Å². The van der Waals surface area contributed by atoms with Crippen LogP contribution >= 0.6 is 24.0 Å². The molecule has 0 bridgehead atoms. The smallest absolute Gasteiger partial charge is 0.300 e. The Bertz CT molecular complexity index is 1090. The largest absolute Gasteiger partial charge is 0.410 e. The number of halogens is 4. The average Bonchev–Trinajstić information content (AvgIpc) is 2.79. The Morgan fingerprint density at radius 3 is 2.35 bits per heavy atom. The summed E-state index contributed by atoms with van der Waals surface area (Å²) < 4.78 is 58.0. The first-order valence-electron chi connectivity index (χ1n) is 10.6. The van der Waals surface area contributed by atoms with Gasteiger partial charge in [-0.2, -0.15) is 12.7 Å². The monoisotopic (exact) mass is 534 g/mol. The summed E-state index contributed by atoms with van der Waals surface area (Å²) in [6, 6.07) is 15.5. The molecule has 2 unspecified atom stereocenters. The minimum atomic E-state index is -4.40. The maximum atomic E-state index is 14.2. The molecule has 0 aliphatic carbocycles. The zero-order valence-electron chi connectivity index (χ0n) is 18.2. The lowest BCUT2D eigenvalue weighted by Gasteiger charge is -2.48. The van der Waals surface area contributed by atoms with E-state index >= 15 is 0 Å². The number of benzene rings is 2. The summed E-state index contributed by atoms with van der Waals surface area (Å²) >= 11 is 6.07. The first-order valence-corrected chi connectivity index (χ1v) is 12.4. The first kappa shape index (κ1) is 26.6. The summed E-state index contributed by atoms with van der Waals surface area (Å²) in [6.07, 6.45) is 1.26. The summed E-state index contributed by atoms with van der Waals surface area (Å²) in [5.74, 6) is -3.37. The van der Waals surface area contributed by atoms with Crippen molar-refractivity contribution in [1.29, 1.82) is 0 Å². The fourth-order valence-corrected chi connectivity index (χ4v) is 6.62. The number of piperidine rings is 1. The van der Waals surface area contributed by atoms with Crippen molar-refractivity contribution < 1.29 is 22.4 Å². The van der Waals surface area contributed by atoms with Crippen molar-refractivity contribution in [2.24, 2.45) is 5.16 Å². The van der Waals surface area contributed by atoms with E-state index in [0.717, 1.165) is 20.6 Å². The Hall–Kier alpha value is -1.98. The second-order valence-electron chi connectivity index (χ2n) is 8.27. The molecule has 0 amide bonds. The molecule has 2 atom stereocenters. The molecule has 0 spiro atoms. The van der Waals surface area contributed by atoms with Gasteiger partial charge in [-0.05, 0) is 36.1 Å². The molecule has 2 aliphatic heterocycles. The Kier molecular flexibility index (Phi) is 8.41. The first-order chi connectivity index (χ1) is 15.7. The van der Waals surface area contributed by atoms with E-state index in [9.17, 15) is 22.4 Å². The number of alkyl halides is 2. The minimum absolute atomic E-state index is 0. The molecule has 2 saturated heterocycles. The molecule has 34 heavy (non-hydrogen) atoms. The van der Waals surface area contributed by atoms with Gasteiger partial charge in [0.2, 0.25) is 0 Å². The lowest BCUT2D eigenvalue weighted by atomic mass is 9.83. The van der Waals surface area contributed by atoms with Crippen LogP contribution in [-0.4, -0.2) is 59.2 Å². The Balaban J connectivity index is 0.00000324. The third-order valence-electron chi connectivity index (χ3n) is 6.09. The topological polar surface area (TPSA) is 76.5 Å². The summed E-state index contributed by atoms with van der Waals surface area (Å²) in [5, 5.41) is 14.0. The van der Waals surface area contributed by atoms with E-state index in [0.29, 0.717) is 17.0 Å². The van der Waals surface area contributed by atoms with E-state index in [1.165, 1.54) is 5.01 Å². The zero-order valence-corrected chi connectivity index (χ0v) is 20.6. The number of oxime groups is 1. The van der Waals surface area contributed by atoms with Gasteiger partial charge in [-0.3, -0.25) is 5.01 Å². The van der Waals surface area contributed by atoms with Gasteiger partial charge in [-0.15, -0.1) is 12.4 Å². The third kappa shape index (κ3) is 5.46. The van der Waals surface area contributed by atoms with E-state index in [-0.39, 0.29) is 44.3 Å². The van der Waals surface area contributed by atoms with Gasteiger partial charge in [-0.25, -0.2) is 8.78 Å². The highest BCUT2D eigenvalue weighted by Gasteiger charge is 2.49. The van der Waals surface area contributed by atoms with Crippen LogP contribution in [0.15, 0.2) is 59.8 Å². The van der Waals surface area contributed by atoms with Crippen LogP contribution in [0.1, 0.15) is 42.3 Å². The van der Waals surface area contributed by atoms with Crippen molar-refractivity contribution in [1.82, 2.24) is 13.7 Å². The van der Waals surface area contributed by atoms with Gasteiger partial charge < -0.3 is 5.21 Å². The van der Waals surface area contributed by atoms with Gasteiger partial charge in [0.1, 0.15) is 6.34 Å². The van der Waals surface area contributed by atoms with Crippen molar-refractivity contribution in [3.63, 3.8) is 0 Å². The van der Waals surface area contributed by atoms with E-state index in [2.05, 4.69) is 5.16 Å². The molecular weight excluding hydrogens is 509 g/mol. The molecule has 4 rings (SSSR count). The molecular formula is C22H26Cl2F2N4O3S. The molecule has 0 radical (unpaired) electrons. The van der Waals surface area contributed by atoms with Crippen molar-refractivity contribution in [3.8, 4) is 0 Å². The molecule has 0 saturated carbocycles. The second-order valence-corrected chi connectivity index (χ2v) is 10.5. The SMILES string of the molecule is Cl.O=S(=O)(N1CCCC(F)(F)C1)N1C(c2ccc(Cl)cc2)C(c2ccccc2)CCN1C=NO. The summed E-state index contributed by atoms with van der Waals surface area (Å²) in [5.41, 5.74) is 1.57. The highest BCUT2D eigenvalue weighted by Crippen LogP contribution is 2.45. The standard InChI is InChI=1S/C22H25ClF2N4O3S.ClH/c23-19-9-7-18(8-10-19)21-20(17-5-2-1-3-6-17)11-14-27(16-26-30)29(21)33(31,32)28-13-4-12-22(24,25)15-28;/h1-3,5-10,16,20-21,30H,4,11-15H2;1H. The average molecular weight is 535 g/mol. The molecule has 12 heteroatoms. The van der Waals surface area contributed by atoms with E-state index in [4.69, 9.17) is 11.6 Å². The molecule has 1 N–H and O–H groups in total. The fourth-order valence-electron chi connectivity index (χ4n) is 4.60. The van der Waals surface area contributed by atoms with Crippen molar-refractivity contribution >= 4 is 40.6 Å². The van der Waals surface area contributed by atoms with Crippen molar-refractivity contribution in [3.05, 3.63) is 70.7 Å². The van der Waals surface area contributed by atoms with Gasteiger partial charge >= 0.3 is 0 Å². The third-order valence-corrected chi connectivity index (χ3v) is 8.21. The zero-order chi connectivity index (χ0) is 23.6.